The van der Waals surface area contributed by atoms with Gasteiger partial charge in [-0.15, -0.1) is 0 Å². The predicted octanol–water partition coefficient (Wildman–Crippen LogP) is 16.4. The quantitative estimate of drug-likeness (QED) is 0.0197. The first-order valence-electron chi connectivity index (χ1n) is 28.2. The van der Waals surface area contributed by atoms with Gasteiger partial charge in [0, 0.05) is 19.3 Å². The van der Waals surface area contributed by atoms with Crippen LogP contribution in [-0.2, 0) is 42.2 Å². The summed E-state index contributed by atoms with van der Waals surface area (Å²) >= 11 is 0. The largest absolute Gasteiger partial charge is 0.472 e. The minimum absolute atomic E-state index is 0.150. The molecule has 3 unspecified atom stereocenters. The summed E-state index contributed by atoms with van der Waals surface area (Å²) in [6, 6.07) is 0. The van der Waals surface area contributed by atoms with Crippen LogP contribution in [0.2, 0.25) is 0 Å². The monoisotopic (exact) mass is 1010 g/mol. The summed E-state index contributed by atoms with van der Waals surface area (Å²) in [4.78, 5) is 48.4. The van der Waals surface area contributed by atoms with E-state index in [2.05, 4.69) is 81.5 Å². The Morgan fingerprint density at radius 2 is 0.743 bits per heavy atom. The van der Waals surface area contributed by atoms with E-state index in [4.69, 9.17) is 23.3 Å². The summed E-state index contributed by atoms with van der Waals surface area (Å²) in [7, 11) is -4.75. The van der Waals surface area contributed by atoms with Crippen LogP contribution in [0.25, 0.3) is 0 Å². The third-order valence-electron chi connectivity index (χ3n) is 11.9. The lowest BCUT2D eigenvalue weighted by molar-refractivity contribution is -0.161. The molecular weight excluding hydrogens is 904 g/mol. The zero-order valence-corrected chi connectivity index (χ0v) is 45.6. The highest BCUT2D eigenvalue weighted by Crippen LogP contribution is 2.43. The molecule has 0 saturated heterocycles. The lowest BCUT2D eigenvalue weighted by Gasteiger charge is -2.21. The van der Waals surface area contributed by atoms with E-state index in [1.807, 2.05) is 0 Å². The van der Waals surface area contributed by atoms with E-state index in [1.54, 1.807) is 0 Å². The van der Waals surface area contributed by atoms with Crippen LogP contribution < -0.4 is 0 Å². The molecule has 0 aromatic heterocycles. The van der Waals surface area contributed by atoms with E-state index < -0.39 is 57.8 Å². The average molecular weight is 1010 g/mol. The molecule has 2 N–H and O–H groups in total. The lowest BCUT2D eigenvalue weighted by atomic mass is 10.1. The van der Waals surface area contributed by atoms with Crippen molar-refractivity contribution >= 4 is 25.7 Å². The van der Waals surface area contributed by atoms with Crippen molar-refractivity contribution in [1.82, 2.24) is 0 Å². The van der Waals surface area contributed by atoms with E-state index >= 15 is 0 Å². The second-order valence-electron chi connectivity index (χ2n) is 18.7. The van der Waals surface area contributed by atoms with Gasteiger partial charge in [0.05, 0.1) is 19.8 Å². The first-order chi connectivity index (χ1) is 34.2. The number of phosphoric acid groups is 1. The molecule has 0 fully saturated rings. The van der Waals surface area contributed by atoms with Gasteiger partial charge in [0.15, 0.2) is 6.10 Å². The molecule has 0 amide bonds. The fraction of sp³-hybridized carbons (Fsp3) is 0.776. The maximum atomic E-state index is 12.9. The van der Waals surface area contributed by atoms with Crippen LogP contribution in [0.1, 0.15) is 252 Å². The number of hydrogen-bond donors (Lipinski definition) is 2. The number of allylic oxidation sites excluding steroid dienone is 10. The highest BCUT2D eigenvalue weighted by atomic mass is 31.2. The van der Waals surface area contributed by atoms with Gasteiger partial charge in [0.2, 0.25) is 0 Å². The topological polar surface area (TPSA) is 155 Å². The molecule has 0 bridgehead atoms. The van der Waals surface area contributed by atoms with E-state index in [0.29, 0.717) is 19.3 Å². The van der Waals surface area contributed by atoms with Gasteiger partial charge in [-0.3, -0.25) is 23.4 Å². The Balaban J connectivity index is 4.75. The Bertz CT molecular complexity index is 1410. The molecule has 70 heavy (non-hydrogen) atoms. The van der Waals surface area contributed by atoms with Crippen molar-refractivity contribution in [2.24, 2.45) is 0 Å². The van der Waals surface area contributed by atoms with E-state index in [9.17, 15) is 28.9 Å². The second kappa shape index (κ2) is 52.5. The molecule has 0 rings (SSSR count). The van der Waals surface area contributed by atoms with Gasteiger partial charge in [-0.2, -0.15) is 0 Å². The maximum Gasteiger partial charge on any atom is 0.472 e. The second-order valence-corrected chi connectivity index (χ2v) is 20.2. The van der Waals surface area contributed by atoms with Crippen LogP contribution in [0.3, 0.4) is 0 Å². The number of carbonyl (C=O) groups is 3. The van der Waals surface area contributed by atoms with Crippen molar-refractivity contribution in [3.8, 4) is 0 Å². The highest BCUT2D eigenvalue weighted by Gasteiger charge is 2.28. The zero-order valence-electron chi connectivity index (χ0n) is 44.7. The van der Waals surface area contributed by atoms with Gasteiger partial charge in [-0.05, 0) is 83.5 Å². The molecule has 3 atom stereocenters. The Hall–Kier alpha value is -2.82. The average Bonchev–Trinajstić information content (AvgIpc) is 3.35. The molecule has 0 spiro atoms. The van der Waals surface area contributed by atoms with E-state index in [1.165, 1.54) is 70.6 Å². The molecule has 0 radical (unpaired) electrons. The van der Waals surface area contributed by atoms with Crippen LogP contribution in [0.15, 0.2) is 60.8 Å². The number of unbranched alkanes of at least 4 members (excludes halogenated alkanes) is 25. The van der Waals surface area contributed by atoms with Gasteiger partial charge in [-0.1, -0.05) is 210 Å². The molecule has 0 aromatic rings. The molecular formula is C58H103O11P. The SMILES string of the molecule is CC/C=C\C/C=C\C/C=C\C/C=C\CCCCCCCCC(=O)OC(COC(=O)CCCCCCC/C=C\CCCCCCCC)COP(=O)(O)OCC(CO)OC(=O)CCCCCCCCCCC. The normalized spacial score (nSPS) is 13.8. The zero-order chi connectivity index (χ0) is 51.3. The molecule has 0 aliphatic rings. The smallest absolute Gasteiger partial charge is 0.462 e. The van der Waals surface area contributed by atoms with Gasteiger partial charge in [0.25, 0.3) is 0 Å². The van der Waals surface area contributed by atoms with Gasteiger partial charge in [-0.25, -0.2) is 4.57 Å². The summed E-state index contributed by atoms with van der Waals surface area (Å²) < 4.78 is 39.4. The Morgan fingerprint density at radius 1 is 0.414 bits per heavy atom. The standard InChI is InChI=1S/C58H103O11P/c1-4-7-10-13-16-19-21-23-25-26-27-28-30-32-34-37-40-43-46-49-58(62)69-55(51-65-56(60)47-44-41-38-36-33-31-29-24-22-20-17-14-11-8-5-2)53-67-70(63,64)66-52-54(50-59)68-57(61)48-45-42-39-35-18-15-12-9-6-3/h7,10,16,19,23-25,27-29,54-55,59H,4-6,8-9,11-15,17-18,20-22,26,30-53H2,1-3H3,(H,63,64)/b10-7-,19-16-,25-23-,28-27-,29-24-. The molecule has 0 aliphatic carbocycles. The van der Waals surface area contributed by atoms with Crippen LogP contribution >= 0.6 is 7.82 Å². The molecule has 0 aliphatic heterocycles. The fourth-order valence-electron chi connectivity index (χ4n) is 7.64. The minimum atomic E-state index is -4.75. The van der Waals surface area contributed by atoms with Crippen LogP contribution in [0, 0.1) is 0 Å². The minimum Gasteiger partial charge on any atom is -0.462 e. The first kappa shape index (κ1) is 67.2. The van der Waals surface area contributed by atoms with Gasteiger partial charge < -0.3 is 24.2 Å². The summed E-state index contributed by atoms with van der Waals surface area (Å²) in [5.41, 5.74) is 0. The molecule has 406 valence electrons. The number of ether oxygens (including phenoxy) is 3. The van der Waals surface area contributed by atoms with Gasteiger partial charge in [0.1, 0.15) is 12.7 Å². The van der Waals surface area contributed by atoms with E-state index in [0.717, 1.165) is 122 Å². The van der Waals surface area contributed by atoms with Crippen LogP contribution in [0.5, 0.6) is 0 Å². The summed E-state index contributed by atoms with van der Waals surface area (Å²) in [5, 5.41) is 9.76. The number of hydrogen-bond acceptors (Lipinski definition) is 10. The Kier molecular flexibility index (Phi) is 50.4. The molecule has 0 saturated carbocycles. The van der Waals surface area contributed by atoms with Gasteiger partial charge >= 0.3 is 25.7 Å². The van der Waals surface area contributed by atoms with Crippen molar-refractivity contribution in [2.45, 2.75) is 264 Å². The van der Waals surface area contributed by atoms with Crippen molar-refractivity contribution in [3.05, 3.63) is 60.8 Å². The highest BCUT2D eigenvalue weighted by molar-refractivity contribution is 7.47. The molecule has 11 nitrogen and oxygen atoms in total. The lowest BCUT2D eigenvalue weighted by Crippen LogP contribution is -2.30. The van der Waals surface area contributed by atoms with Crippen molar-refractivity contribution in [1.29, 1.82) is 0 Å². The van der Waals surface area contributed by atoms with Crippen molar-refractivity contribution in [2.75, 3.05) is 26.4 Å². The van der Waals surface area contributed by atoms with Crippen molar-refractivity contribution < 1.29 is 52.2 Å². The summed E-state index contributed by atoms with van der Waals surface area (Å²) in [5.74, 6) is -1.49. The van der Waals surface area contributed by atoms with Crippen LogP contribution in [0.4, 0.5) is 0 Å². The Labute approximate surface area is 427 Å². The number of aliphatic hydroxyl groups is 1. The van der Waals surface area contributed by atoms with Crippen LogP contribution in [-0.4, -0.2) is 66.5 Å². The third kappa shape index (κ3) is 50.1. The number of esters is 3. The molecule has 0 heterocycles. The molecule has 0 aromatic carbocycles. The molecule has 12 heteroatoms. The summed E-state index contributed by atoms with van der Waals surface area (Å²) in [6.07, 6.45) is 56.2. The predicted molar refractivity (Wildman–Crippen MR) is 288 cm³/mol. The third-order valence-corrected chi connectivity index (χ3v) is 12.9. The fourth-order valence-corrected chi connectivity index (χ4v) is 8.42. The van der Waals surface area contributed by atoms with E-state index in [-0.39, 0.29) is 25.9 Å². The number of carbonyl (C=O) groups excluding carboxylic acids is 3. The number of rotatable bonds is 52. The summed E-state index contributed by atoms with van der Waals surface area (Å²) in [6.45, 7) is 4.49. The maximum absolute atomic E-state index is 12.9. The number of phosphoric ester groups is 1. The Morgan fingerprint density at radius 3 is 1.16 bits per heavy atom. The van der Waals surface area contributed by atoms with Crippen molar-refractivity contribution in [3.63, 3.8) is 0 Å². The number of aliphatic hydroxyl groups excluding tert-OH is 1. The first-order valence-corrected chi connectivity index (χ1v) is 29.7.